The third-order valence-electron chi connectivity index (χ3n) is 11.0. The number of carbonyl (C=O) groups excluding carboxylic acids is 4. The van der Waals surface area contributed by atoms with Gasteiger partial charge >= 0.3 is 23.9 Å². The van der Waals surface area contributed by atoms with Gasteiger partial charge in [-0.2, -0.15) is 0 Å². The second-order valence-corrected chi connectivity index (χ2v) is 14.5. The zero-order valence-electron chi connectivity index (χ0n) is 31.4. The molecule has 13 nitrogen and oxygen atoms in total. The Kier molecular flexibility index (Phi) is 10.6. The highest BCUT2D eigenvalue weighted by Gasteiger charge is 2.76. The fourth-order valence-electron chi connectivity index (χ4n) is 8.66. The Morgan fingerprint density at radius 2 is 1.54 bits per heavy atom. The normalized spacial score (nSPS) is 24.2. The number of carbonyl (C=O) groups is 5. The van der Waals surface area contributed by atoms with E-state index in [0.29, 0.717) is 22.3 Å². The highest BCUT2D eigenvalue weighted by molar-refractivity contribution is 6.24. The number of nitrogens with one attached hydrogen (secondary N) is 1. The number of hydrogen-bond acceptors (Lipinski definition) is 10. The molecule has 2 saturated heterocycles. The van der Waals surface area contributed by atoms with Gasteiger partial charge in [0.25, 0.3) is 0 Å². The molecule has 0 aliphatic carbocycles. The Morgan fingerprint density at radius 1 is 0.895 bits per heavy atom. The highest BCUT2D eigenvalue weighted by Crippen LogP contribution is 2.65. The number of ether oxygens (including phenoxy) is 2. The van der Waals surface area contributed by atoms with E-state index in [-0.39, 0.29) is 30.0 Å². The van der Waals surface area contributed by atoms with Gasteiger partial charge in [-0.05, 0) is 58.5 Å². The number of nitrogens with zero attached hydrogens (tertiary/aromatic N) is 2. The van der Waals surface area contributed by atoms with Crippen LogP contribution in [0.2, 0.25) is 0 Å². The lowest BCUT2D eigenvalue weighted by Gasteiger charge is -2.46. The first-order chi connectivity index (χ1) is 27.4. The molecule has 292 valence electrons. The summed E-state index contributed by atoms with van der Waals surface area (Å²) in [6.07, 6.45) is -0.839. The van der Waals surface area contributed by atoms with Gasteiger partial charge in [-0.25, -0.2) is 14.5 Å². The molecule has 57 heavy (non-hydrogen) atoms. The Hall–Kier alpha value is -6.49. The van der Waals surface area contributed by atoms with Gasteiger partial charge in [-0.3, -0.25) is 19.3 Å². The van der Waals surface area contributed by atoms with Crippen molar-refractivity contribution in [1.82, 2.24) is 10.2 Å². The molecule has 4 N–H and O–H groups in total. The molecule has 1 spiro atoms. The van der Waals surface area contributed by atoms with Gasteiger partial charge < -0.3 is 30.1 Å². The van der Waals surface area contributed by atoms with Crippen LogP contribution in [0, 0.1) is 23.7 Å². The van der Waals surface area contributed by atoms with Crippen molar-refractivity contribution in [2.45, 2.75) is 56.0 Å². The largest absolute Gasteiger partial charge is 0.508 e. The van der Waals surface area contributed by atoms with Crippen LogP contribution in [0.3, 0.4) is 0 Å². The van der Waals surface area contributed by atoms with Crippen molar-refractivity contribution < 1.29 is 48.8 Å². The summed E-state index contributed by atoms with van der Waals surface area (Å²) in [7, 11) is 1.17. The molecule has 4 aromatic rings. The van der Waals surface area contributed by atoms with E-state index in [2.05, 4.69) is 17.2 Å². The van der Waals surface area contributed by atoms with Crippen LogP contribution in [-0.2, 0) is 34.1 Å². The average Bonchev–Trinajstić information content (AvgIpc) is 3.67. The van der Waals surface area contributed by atoms with Gasteiger partial charge in [0.05, 0.1) is 31.5 Å². The number of esters is 2. The standard InChI is InChI=1S/C44H41N3O10/c1-25(2)34(40(52)56-3)45-43(55)46-32-22-17-26(12-10-11-23-48)24-31(32)44(42(46)54)33(39(50)51)36-41(53)57-37(28-15-8-5-9-16-28)35(27-13-6-4-7-14-27)47(36)38(44)29-18-20-30(49)21-19-29/h4-9,13-22,24-25,33-38,48-49H,11,23H2,1-3H3,(H,45,55)(H,50,51)/t33-,34+,35-,36-,37+,38+,44-/m1/s1. The first-order valence-electron chi connectivity index (χ1n) is 18.5. The Balaban J connectivity index is 1.55. The molecule has 7 atom stereocenters. The molecule has 0 radical (unpaired) electrons. The van der Waals surface area contributed by atoms with E-state index in [0.717, 1.165) is 4.90 Å². The predicted octanol–water partition coefficient (Wildman–Crippen LogP) is 4.78. The van der Waals surface area contributed by atoms with E-state index in [4.69, 9.17) is 9.47 Å². The maximum atomic E-state index is 15.8. The summed E-state index contributed by atoms with van der Waals surface area (Å²) in [6.45, 7) is 3.17. The van der Waals surface area contributed by atoms with Crippen LogP contribution >= 0.6 is 0 Å². The van der Waals surface area contributed by atoms with Gasteiger partial charge in [0.15, 0.2) is 0 Å². The van der Waals surface area contributed by atoms with E-state index in [9.17, 15) is 34.5 Å². The number of anilines is 1. The number of aliphatic hydroxyl groups is 1. The summed E-state index contributed by atoms with van der Waals surface area (Å²) in [5.74, 6) is -0.685. The number of urea groups is 1. The van der Waals surface area contributed by atoms with Crippen LogP contribution in [0.1, 0.15) is 66.3 Å². The quantitative estimate of drug-likeness (QED) is 0.143. The SMILES string of the molecule is COC(=O)[C@@H](NC(=O)N1C(=O)[C@@]2(c3cc(C#CCCO)ccc31)[C@H](c1ccc(O)cc1)N1[C@H](c3ccccc3)[C@H](c3ccccc3)OC(=O)[C@H]1[C@@H]2C(=O)O)C(C)C. The van der Waals surface area contributed by atoms with Crippen molar-refractivity contribution in [3.63, 3.8) is 0 Å². The molecule has 2 fully saturated rings. The minimum absolute atomic E-state index is 0.0247. The van der Waals surface area contributed by atoms with Gasteiger partial charge in [0, 0.05) is 12.0 Å². The number of morpholine rings is 1. The number of imide groups is 1. The van der Waals surface area contributed by atoms with E-state index in [1.54, 1.807) is 67.3 Å². The molecule has 0 saturated carbocycles. The summed E-state index contributed by atoms with van der Waals surface area (Å²) in [6, 6.07) is 22.8. The monoisotopic (exact) mass is 771 g/mol. The number of phenols is 1. The van der Waals surface area contributed by atoms with E-state index >= 15 is 4.79 Å². The lowest BCUT2D eigenvalue weighted by Crippen LogP contribution is -2.56. The van der Waals surface area contributed by atoms with Gasteiger partial charge in [-0.15, -0.1) is 0 Å². The molecule has 3 aliphatic rings. The molecule has 0 aromatic heterocycles. The number of methoxy groups -OCH3 is 1. The van der Waals surface area contributed by atoms with Crippen molar-refractivity contribution in [2.75, 3.05) is 18.6 Å². The number of hydrogen-bond donors (Lipinski definition) is 4. The first-order valence-corrected chi connectivity index (χ1v) is 18.5. The number of aromatic hydroxyl groups is 1. The molecular weight excluding hydrogens is 730 g/mol. The lowest BCUT2D eigenvalue weighted by atomic mass is 9.65. The number of phenolic OH excluding ortho intramolecular Hbond substituents is 1. The minimum Gasteiger partial charge on any atom is -0.508 e. The Morgan fingerprint density at radius 3 is 2.14 bits per heavy atom. The van der Waals surface area contributed by atoms with Crippen molar-refractivity contribution in [3.8, 4) is 17.6 Å². The average molecular weight is 772 g/mol. The Labute approximate surface area is 328 Å². The van der Waals surface area contributed by atoms with Crippen LogP contribution in [0.15, 0.2) is 103 Å². The van der Waals surface area contributed by atoms with E-state index < -0.39 is 77.4 Å². The zero-order valence-corrected chi connectivity index (χ0v) is 31.4. The molecule has 0 bridgehead atoms. The van der Waals surface area contributed by atoms with Gasteiger partial charge in [0.2, 0.25) is 5.91 Å². The van der Waals surface area contributed by atoms with Crippen molar-refractivity contribution in [1.29, 1.82) is 0 Å². The number of fused-ring (bicyclic) bond motifs is 3. The third kappa shape index (κ3) is 6.46. The predicted molar refractivity (Wildman–Crippen MR) is 205 cm³/mol. The number of cyclic esters (lactones) is 1. The second-order valence-electron chi connectivity index (χ2n) is 14.5. The number of benzene rings is 4. The fraction of sp³-hybridized carbons (Fsp3) is 0.295. The topological polar surface area (TPSA) is 183 Å². The van der Waals surface area contributed by atoms with Crippen LogP contribution in [-0.4, -0.2) is 75.9 Å². The molecule has 3 aliphatic heterocycles. The summed E-state index contributed by atoms with van der Waals surface area (Å²) >= 11 is 0. The molecule has 13 heteroatoms. The molecular formula is C44H41N3O10. The maximum Gasteiger partial charge on any atom is 0.329 e. The minimum atomic E-state index is -2.22. The number of rotatable bonds is 8. The Bertz CT molecular complexity index is 2270. The summed E-state index contributed by atoms with van der Waals surface area (Å²) in [4.78, 5) is 74.4. The lowest BCUT2D eigenvalue weighted by molar-refractivity contribution is -0.179. The second kappa shape index (κ2) is 15.6. The summed E-state index contributed by atoms with van der Waals surface area (Å²) < 4.78 is 11.2. The third-order valence-corrected chi connectivity index (χ3v) is 11.0. The van der Waals surface area contributed by atoms with Crippen LogP contribution in [0.25, 0.3) is 0 Å². The number of carboxylic acids is 1. The van der Waals surface area contributed by atoms with Crippen molar-refractivity contribution in [3.05, 3.63) is 131 Å². The molecule has 3 heterocycles. The van der Waals surface area contributed by atoms with Gasteiger partial charge in [-0.1, -0.05) is 98.5 Å². The number of aliphatic hydroxyl groups excluding tert-OH is 1. The first kappa shape index (κ1) is 38.8. The van der Waals surface area contributed by atoms with E-state index in [1.807, 2.05) is 36.4 Å². The molecule has 4 aromatic carbocycles. The highest BCUT2D eigenvalue weighted by atomic mass is 16.6. The van der Waals surface area contributed by atoms with Gasteiger partial charge in [0.1, 0.15) is 35.3 Å². The fourth-order valence-corrected chi connectivity index (χ4v) is 8.66. The molecule has 7 rings (SSSR count). The van der Waals surface area contributed by atoms with Crippen LogP contribution in [0.4, 0.5) is 10.5 Å². The summed E-state index contributed by atoms with van der Waals surface area (Å²) in [5.41, 5.74) is -0.0735. The number of carboxylic acid groups (broad SMARTS) is 1. The molecule has 0 unspecified atom stereocenters. The maximum absolute atomic E-state index is 15.8. The molecule has 3 amide bonds. The van der Waals surface area contributed by atoms with Crippen molar-refractivity contribution in [2.24, 2.45) is 11.8 Å². The zero-order chi connectivity index (χ0) is 40.6. The smallest absolute Gasteiger partial charge is 0.329 e. The summed E-state index contributed by atoms with van der Waals surface area (Å²) in [5, 5.41) is 34.0. The number of amides is 3. The van der Waals surface area contributed by atoms with E-state index in [1.165, 1.54) is 25.3 Å². The van der Waals surface area contributed by atoms with Crippen LogP contribution in [0.5, 0.6) is 5.75 Å². The van der Waals surface area contributed by atoms with Crippen molar-refractivity contribution >= 4 is 35.5 Å². The number of aliphatic carboxylic acids is 1. The van der Waals surface area contributed by atoms with Crippen LogP contribution < -0.4 is 10.2 Å².